The van der Waals surface area contributed by atoms with Crippen LogP contribution < -0.4 is 22.3 Å². The fourth-order valence-corrected chi connectivity index (χ4v) is 2.01. The maximum Gasteiger partial charge on any atom is 0.346 e. The summed E-state index contributed by atoms with van der Waals surface area (Å²) in [6.07, 6.45) is 2.95. The van der Waals surface area contributed by atoms with Gasteiger partial charge in [-0.3, -0.25) is 9.36 Å². The van der Waals surface area contributed by atoms with Crippen LogP contribution in [0.25, 0.3) is 0 Å². The van der Waals surface area contributed by atoms with Crippen molar-refractivity contribution < 1.29 is 0 Å². The lowest BCUT2D eigenvalue weighted by Gasteiger charge is -2.41. The number of nitrogens with one attached hydrogen (secondary N) is 1. The molecule has 7 heteroatoms. The van der Waals surface area contributed by atoms with E-state index < -0.39 is 11.2 Å². The lowest BCUT2D eigenvalue weighted by atomic mass is 9.77. The minimum atomic E-state index is -0.434. The molecule has 0 aliphatic heterocycles. The van der Waals surface area contributed by atoms with E-state index in [0.717, 1.165) is 28.5 Å². The molecule has 0 saturated heterocycles. The maximum absolute atomic E-state index is 11.9. The van der Waals surface area contributed by atoms with Crippen LogP contribution in [-0.2, 0) is 14.1 Å². The van der Waals surface area contributed by atoms with E-state index >= 15 is 0 Å². The zero-order valence-corrected chi connectivity index (χ0v) is 10.1. The van der Waals surface area contributed by atoms with Crippen molar-refractivity contribution in [3.8, 4) is 0 Å². The molecule has 2 rings (SSSR count). The first-order valence-electron chi connectivity index (χ1n) is 5.62. The van der Waals surface area contributed by atoms with Crippen LogP contribution in [0, 0.1) is 0 Å². The van der Waals surface area contributed by atoms with Gasteiger partial charge in [0.2, 0.25) is 5.82 Å². The molecular formula is C10H17N5O2. The van der Waals surface area contributed by atoms with Crippen LogP contribution in [0.1, 0.15) is 19.3 Å². The Labute approximate surface area is 98.2 Å². The van der Waals surface area contributed by atoms with Crippen LogP contribution in [0.4, 0.5) is 5.82 Å². The first-order chi connectivity index (χ1) is 7.99. The molecule has 0 amide bonds. The third-order valence-corrected chi connectivity index (χ3v) is 3.41. The fourth-order valence-electron chi connectivity index (χ4n) is 2.01. The average molecular weight is 239 g/mol. The predicted octanol–water partition coefficient (Wildman–Crippen LogP) is -1.23. The SMILES string of the molecule is Cn1nc(NC2(CN)CCC2)c(=O)n(C)c1=O. The summed E-state index contributed by atoms with van der Waals surface area (Å²) >= 11 is 0. The van der Waals surface area contributed by atoms with Crippen molar-refractivity contribution in [2.45, 2.75) is 24.8 Å². The van der Waals surface area contributed by atoms with Gasteiger partial charge in [-0.05, 0) is 19.3 Å². The minimum absolute atomic E-state index is 0.194. The van der Waals surface area contributed by atoms with Crippen LogP contribution in [0.3, 0.4) is 0 Å². The number of nitrogens with zero attached hydrogens (tertiary/aromatic N) is 3. The zero-order valence-electron chi connectivity index (χ0n) is 10.1. The number of aryl methyl sites for hydroxylation is 1. The Kier molecular flexibility index (Phi) is 2.78. The van der Waals surface area contributed by atoms with Gasteiger partial charge >= 0.3 is 5.69 Å². The Bertz CT molecular complexity index is 535. The third-order valence-electron chi connectivity index (χ3n) is 3.41. The highest BCUT2D eigenvalue weighted by molar-refractivity contribution is 5.35. The van der Waals surface area contributed by atoms with E-state index in [9.17, 15) is 9.59 Å². The maximum atomic E-state index is 11.9. The first kappa shape index (κ1) is 11.8. The summed E-state index contributed by atoms with van der Waals surface area (Å²) in [6, 6.07) is 0. The van der Waals surface area contributed by atoms with E-state index in [1.807, 2.05) is 0 Å². The zero-order chi connectivity index (χ0) is 12.6. The van der Waals surface area contributed by atoms with Gasteiger partial charge in [-0.15, -0.1) is 5.10 Å². The van der Waals surface area contributed by atoms with Crippen molar-refractivity contribution in [1.82, 2.24) is 14.3 Å². The van der Waals surface area contributed by atoms with Gasteiger partial charge in [0.25, 0.3) is 5.56 Å². The molecule has 0 bridgehead atoms. The molecule has 1 saturated carbocycles. The fraction of sp³-hybridized carbons (Fsp3) is 0.700. The van der Waals surface area contributed by atoms with Gasteiger partial charge in [-0.2, -0.15) is 0 Å². The van der Waals surface area contributed by atoms with Gasteiger partial charge in [-0.25, -0.2) is 9.48 Å². The molecule has 0 spiro atoms. The van der Waals surface area contributed by atoms with Crippen molar-refractivity contribution in [3.63, 3.8) is 0 Å². The molecule has 0 radical (unpaired) electrons. The first-order valence-corrected chi connectivity index (χ1v) is 5.62. The Hall–Kier alpha value is -1.63. The average Bonchev–Trinajstić information content (AvgIpc) is 2.27. The van der Waals surface area contributed by atoms with Crippen molar-refractivity contribution in [2.75, 3.05) is 11.9 Å². The molecular weight excluding hydrogens is 222 g/mol. The molecule has 1 fully saturated rings. The van der Waals surface area contributed by atoms with Crippen LogP contribution in [-0.4, -0.2) is 26.4 Å². The van der Waals surface area contributed by atoms with Gasteiger partial charge in [0.1, 0.15) is 0 Å². The smallest absolute Gasteiger partial charge is 0.346 e. The molecule has 1 aliphatic rings. The Morgan fingerprint density at radius 3 is 2.53 bits per heavy atom. The molecule has 0 unspecified atom stereocenters. The van der Waals surface area contributed by atoms with E-state index in [1.165, 1.54) is 14.1 Å². The molecule has 1 aliphatic carbocycles. The van der Waals surface area contributed by atoms with E-state index in [1.54, 1.807) is 0 Å². The third kappa shape index (κ3) is 1.86. The second kappa shape index (κ2) is 3.99. The quantitative estimate of drug-likeness (QED) is 0.689. The normalized spacial score (nSPS) is 17.6. The monoisotopic (exact) mass is 239 g/mol. The molecule has 1 aromatic rings. The molecule has 3 N–H and O–H groups in total. The second-order valence-corrected chi connectivity index (χ2v) is 4.58. The number of aromatic nitrogens is 3. The number of rotatable bonds is 3. The molecule has 94 valence electrons. The number of anilines is 1. The summed E-state index contributed by atoms with van der Waals surface area (Å²) in [7, 11) is 2.95. The van der Waals surface area contributed by atoms with Gasteiger partial charge in [0.05, 0.1) is 5.54 Å². The molecule has 1 aromatic heterocycles. The van der Waals surface area contributed by atoms with E-state index in [-0.39, 0.29) is 11.4 Å². The van der Waals surface area contributed by atoms with Gasteiger partial charge in [0, 0.05) is 20.6 Å². The van der Waals surface area contributed by atoms with Crippen LogP contribution in [0.2, 0.25) is 0 Å². The van der Waals surface area contributed by atoms with Crippen molar-refractivity contribution in [1.29, 1.82) is 0 Å². The topological polar surface area (TPSA) is 94.9 Å². The summed E-state index contributed by atoms with van der Waals surface area (Å²) in [5.74, 6) is 0.194. The van der Waals surface area contributed by atoms with Gasteiger partial charge in [-0.1, -0.05) is 0 Å². The van der Waals surface area contributed by atoms with Crippen molar-refractivity contribution in [2.24, 2.45) is 19.8 Å². The van der Waals surface area contributed by atoms with E-state index in [2.05, 4.69) is 10.4 Å². The number of nitrogens with two attached hydrogens (primary N) is 1. The Morgan fingerprint density at radius 2 is 2.06 bits per heavy atom. The Balaban J connectivity index is 2.40. The lowest BCUT2D eigenvalue weighted by Crippen LogP contribution is -2.53. The van der Waals surface area contributed by atoms with Gasteiger partial charge < -0.3 is 11.1 Å². The summed E-state index contributed by atoms with van der Waals surface area (Å²) < 4.78 is 2.19. The van der Waals surface area contributed by atoms with Gasteiger partial charge in [0.15, 0.2) is 0 Å². The van der Waals surface area contributed by atoms with E-state index in [0.29, 0.717) is 6.54 Å². The second-order valence-electron chi connectivity index (χ2n) is 4.58. The van der Waals surface area contributed by atoms with Crippen LogP contribution in [0.15, 0.2) is 9.59 Å². The summed E-state index contributed by atoms with van der Waals surface area (Å²) in [6.45, 7) is 0.459. The highest BCUT2D eigenvalue weighted by Gasteiger charge is 2.36. The predicted molar refractivity (Wildman–Crippen MR) is 64.0 cm³/mol. The molecule has 0 aromatic carbocycles. The highest BCUT2D eigenvalue weighted by atomic mass is 16.2. The lowest BCUT2D eigenvalue weighted by molar-refractivity contribution is 0.285. The summed E-state index contributed by atoms with van der Waals surface area (Å²) in [4.78, 5) is 23.3. The molecule has 7 nitrogen and oxygen atoms in total. The molecule has 1 heterocycles. The number of hydrogen-bond donors (Lipinski definition) is 2. The minimum Gasteiger partial charge on any atom is -0.357 e. The van der Waals surface area contributed by atoms with E-state index in [4.69, 9.17) is 5.73 Å². The molecule has 17 heavy (non-hydrogen) atoms. The van der Waals surface area contributed by atoms with Crippen LogP contribution in [0.5, 0.6) is 0 Å². The summed E-state index contributed by atoms with van der Waals surface area (Å²) in [5, 5.41) is 7.04. The summed E-state index contributed by atoms with van der Waals surface area (Å²) in [5.41, 5.74) is 4.64. The molecule has 0 atom stereocenters. The standard InChI is InChI=1S/C10H17N5O2/c1-14-8(16)7(13-15(2)9(14)17)12-10(6-11)4-3-5-10/h3-6,11H2,1-2H3,(H,12,13). The van der Waals surface area contributed by atoms with Crippen LogP contribution >= 0.6 is 0 Å². The van der Waals surface area contributed by atoms with Crippen molar-refractivity contribution in [3.05, 3.63) is 20.8 Å². The highest BCUT2D eigenvalue weighted by Crippen LogP contribution is 2.32. The Morgan fingerprint density at radius 1 is 1.41 bits per heavy atom. The largest absolute Gasteiger partial charge is 0.357 e. The van der Waals surface area contributed by atoms with Crippen molar-refractivity contribution >= 4 is 5.82 Å². The number of hydrogen-bond acceptors (Lipinski definition) is 5.